The molecule has 0 amide bonds. The second-order valence-corrected chi connectivity index (χ2v) is 9.99. The van der Waals surface area contributed by atoms with Crippen molar-refractivity contribution < 1.29 is 9.47 Å². The van der Waals surface area contributed by atoms with Gasteiger partial charge in [-0.2, -0.15) is 5.10 Å². The third-order valence-electron chi connectivity index (χ3n) is 7.32. The predicted octanol–water partition coefficient (Wildman–Crippen LogP) is 6.87. The van der Waals surface area contributed by atoms with Gasteiger partial charge in [-0.25, -0.2) is 4.98 Å². The maximum atomic E-state index is 6.32. The molecule has 3 heterocycles. The number of benzene rings is 2. The summed E-state index contributed by atoms with van der Waals surface area (Å²) >= 11 is 0. The van der Waals surface area contributed by atoms with Crippen molar-refractivity contribution in [1.29, 1.82) is 0 Å². The third kappa shape index (κ3) is 5.30. The number of rotatable bonds is 9. The molecule has 1 saturated heterocycles. The van der Waals surface area contributed by atoms with Gasteiger partial charge < -0.3 is 14.5 Å². The van der Waals surface area contributed by atoms with E-state index in [-0.39, 0.29) is 5.41 Å². The van der Waals surface area contributed by atoms with Gasteiger partial charge in [0.05, 0.1) is 30.3 Å². The minimum absolute atomic E-state index is 0.0443. The van der Waals surface area contributed by atoms with Crippen molar-refractivity contribution in [3.05, 3.63) is 83.9 Å². The maximum absolute atomic E-state index is 6.32. The number of aromatic amines is 1. The van der Waals surface area contributed by atoms with E-state index in [1.54, 1.807) is 0 Å². The Morgan fingerprint density at radius 3 is 2.22 bits per heavy atom. The number of H-pyrrole nitrogens is 1. The molecule has 0 aliphatic carbocycles. The van der Waals surface area contributed by atoms with E-state index in [1.807, 2.05) is 43.3 Å². The van der Waals surface area contributed by atoms with Gasteiger partial charge in [0.15, 0.2) is 5.82 Å². The highest BCUT2D eigenvalue weighted by molar-refractivity contribution is 5.78. The van der Waals surface area contributed by atoms with Crippen LogP contribution in [-0.4, -0.2) is 33.0 Å². The van der Waals surface area contributed by atoms with Crippen LogP contribution >= 0.6 is 0 Å². The molecule has 1 N–H and O–H groups in total. The molecule has 1 fully saturated rings. The number of nitrogens with zero attached hydrogens (tertiary/aromatic N) is 3. The molecule has 2 aromatic heterocycles. The van der Waals surface area contributed by atoms with Crippen molar-refractivity contribution in [3.63, 3.8) is 0 Å². The fourth-order valence-electron chi connectivity index (χ4n) is 5.06. The van der Waals surface area contributed by atoms with Gasteiger partial charge in [0.1, 0.15) is 0 Å². The largest absolute Gasteiger partial charge is 0.345 e. The Kier molecular flexibility index (Phi) is 7.35. The minimum Gasteiger partial charge on any atom is -0.345 e. The lowest BCUT2D eigenvalue weighted by Gasteiger charge is -2.39. The molecule has 6 heteroatoms. The van der Waals surface area contributed by atoms with Crippen LogP contribution in [0.5, 0.6) is 0 Å². The fourth-order valence-corrected chi connectivity index (χ4v) is 5.06. The van der Waals surface area contributed by atoms with E-state index in [9.17, 15) is 0 Å². The van der Waals surface area contributed by atoms with Crippen LogP contribution in [0.4, 0.5) is 0 Å². The van der Waals surface area contributed by atoms with Gasteiger partial charge in [0.2, 0.25) is 6.29 Å². The van der Waals surface area contributed by atoms with E-state index in [4.69, 9.17) is 14.5 Å². The normalized spacial score (nSPS) is 20.0. The second kappa shape index (κ2) is 10.8. The zero-order valence-corrected chi connectivity index (χ0v) is 21.5. The third-order valence-corrected chi connectivity index (χ3v) is 7.32. The molecular formula is C30H36N4O2. The van der Waals surface area contributed by atoms with Crippen molar-refractivity contribution in [2.45, 2.75) is 59.3 Å². The minimum atomic E-state index is -0.487. The standard InChI is InChI=1S/C30H36N4O2/c1-4-30(17-11-12-18-34-23(3)19-22(2)33-34)20-35-29(36-21-30)28-31-26(24-13-7-5-8-14-24)27(32-28)25-15-9-6-10-16-25/h5-10,13-16,19,29H,4,11-12,17-18,20-21H2,1-3H3,(H,31,32)/t29-,30+. The summed E-state index contributed by atoms with van der Waals surface area (Å²) in [5.41, 5.74) is 6.43. The van der Waals surface area contributed by atoms with Gasteiger partial charge in [-0.3, -0.25) is 4.68 Å². The molecule has 1 aliphatic heterocycles. The summed E-state index contributed by atoms with van der Waals surface area (Å²) in [4.78, 5) is 8.48. The predicted molar refractivity (Wildman–Crippen MR) is 142 cm³/mol. The Morgan fingerprint density at radius 1 is 0.944 bits per heavy atom. The van der Waals surface area contributed by atoms with Crippen LogP contribution in [0.3, 0.4) is 0 Å². The van der Waals surface area contributed by atoms with Gasteiger partial charge >= 0.3 is 0 Å². The van der Waals surface area contributed by atoms with Crippen LogP contribution < -0.4 is 0 Å². The first-order chi connectivity index (χ1) is 17.6. The highest BCUT2D eigenvalue weighted by atomic mass is 16.7. The number of aryl methyl sites for hydroxylation is 3. The van der Waals surface area contributed by atoms with Gasteiger partial charge in [0.25, 0.3) is 0 Å². The molecule has 0 saturated carbocycles. The Bertz CT molecular complexity index is 1200. The summed E-state index contributed by atoms with van der Waals surface area (Å²) in [5.74, 6) is 0.724. The number of unbranched alkanes of at least 4 members (excludes halogenated alkanes) is 1. The van der Waals surface area contributed by atoms with E-state index in [2.05, 4.69) is 58.9 Å². The van der Waals surface area contributed by atoms with E-state index in [1.165, 1.54) is 5.69 Å². The van der Waals surface area contributed by atoms with E-state index in [0.717, 1.165) is 66.3 Å². The number of imidazole rings is 1. The molecule has 0 unspecified atom stereocenters. The van der Waals surface area contributed by atoms with Crippen LogP contribution in [0.15, 0.2) is 66.7 Å². The quantitative estimate of drug-likeness (QED) is 0.263. The Labute approximate surface area is 213 Å². The first-order valence-electron chi connectivity index (χ1n) is 13.0. The van der Waals surface area contributed by atoms with Crippen LogP contribution in [0.2, 0.25) is 0 Å². The van der Waals surface area contributed by atoms with Gasteiger partial charge in [-0.1, -0.05) is 74.0 Å². The molecule has 0 spiro atoms. The van der Waals surface area contributed by atoms with Crippen molar-refractivity contribution in [2.24, 2.45) is 5.41 Å². The lowest BCUT2D eigenvalue weighted by atomic mass is 9.81. The highest BCUT2D eigenvalue weighted by Crippen LogP contribution is 2.39. The van der Waals surface area contributed by atoms with Crippen LogP contribution in [-0.2, 0) is 16.0 Å². The monoisotopic (exact) mass is 484 g/mol. The zero-order chi connectivity index (χ0) is 25.0. The topological polar surface area (TPSA) is 65.0 Å². The number of hydrogen-bond donors (Lipinski definition) is 1. The number of ether oxygens (including phenoxy) is 2. The average Bonchev–Trinajstić information content (AvgIpc) is 3.51. The van der Waals surface area contributed by atoms with Crippen molar-refractivity contribution >= 4 is 0 Å². The zero-order valence-electron chi connectivity index (χ0n) is 21.5. The van der Waals surface area contributed by atoms with E-state index >= 15 is 0 Å². The molecule has 0 bridgehead atoms. The Balaban J connectivity index is 1.25. The summed E-state index contributed by atoms with van der Waals surface area (Å²) in [5, 5.41) is 4.59. The lowest BCUT2D eigenvalue weighted by Crippen LogP contribution is -2.38. The van der Waals surface area contributed by atoms with E-state index in [0.29, 0.717) is 13.2 Å². The molecule has 4 aromatic rings. The average molecular weight is 485 g/mol. The number of hydrogen-bond acceptors (Lipinski definition) is 4. The van der Waals surface area contributed by atoms with Crippen molar-refractivity contribution in [3.8, 4) is 22.5 Å². The van der Waals surface area contributed by atoms with Gasteiger partial charge in [0, 0.05) is 28.8 Å². The SMILES string of the molecule is CC[C@]1(CCCCn2nc(C)cc2C)CO[C@@H](c2nc(-c3ccccc3)c(-c3ccccc3)[nH]2)OC1. The maximum Gasteiger partial charge on any atom is 0.217 e. The molecule has 2 aromatic carbocycles. The molecule has 5 rings (SSSR count). The van der Waals surface area contributed by atoms with Gasteiger partial charge in [-0.05, 0) is 39.2 Å². The molecule has 188 valence electrons. The summed E-state index contributed by atoms with van der Waals surface area (Å²) in [6.45, 7) is 8.72. The molecule has 6 nitrogen and oxygen atoms in total. The molecule has 0 radical (unpaired) electrons. The second-order valence-electron chi connectivity index (χ2n) is 9.99. The van der Waals surface area contributed by atoms with E-state index < -0.39 is 6.29 Å². The smallest absolute Gasteiger partial charge is 0.217 e. The summed E-state index contributed by atoms with van der Waals surface area (Å²) < 4.78 is 14.7. The fraction of sp³-hybridized carbons (Fsp3) is 0.400. The van der Waals surface area contributed by atoms with Crippen LogP contribution in [0.25, 0.3) is 22.5 Å². The van der Waals surface area contributed by atoms with Crippen LogP contribution in [0, 0.1) is 19.3 Å². The summed E-state index contributed by atoms with van der Waals surface area (Å²) in [6.07, 6.45) is 3.85. The molecular weight excluding hydrogens is 448 g/mol. The Hall–Kier alpha value is -3.22. The summed E-state index contributed by atoms with van der Waals surface area (Å²) in [7, 11) is 0. The molecule has 36 heavy (non-hydrogen) atoms. The van der Waals surface area contributed by atoms with Crippen molar-refractivity contribution in [2.75, 3.05) is 13.2 Å². The molecule has 0 atom stereocenters. The lowest BCUT2D eigenvalue weighted by molar-refractivity contribution is -0.239. The first-order valence-corrected chi connectivity index (χ1v) is 13.0. The molecule has 1 aliphatic rings. The number of nitrogens with one attached hydrogen (secondary N) is 1. The van der Waals surface area contributed by atoms with Crippen molar-refractivity contribution in [1.82, 2.24) is 19.7 Å². The first kappa shape index (κ1) is 24.5. The number of aromatic nitrogens is 4. The highest BCUT2D eigenvalue weighted by Gasteiger charge is 2.37. The summed E-state index contributed by atoms with van der Waals surface area (Å²) in [6, 6.07) is 22.7. The van der Waals surface area contributed by atoms with Gasteiger partial charge in [-0.15, -0.1) is 0 Å². The van der Waals surface area contributed by atoms with Crippen LogP contribution in [0.1, 0.15) is 56.1 Å². The Morgan fingerprint density at radius 2 is 1.61 bits per heavy atom.